The molecule has 1 N–H and O–H groups in total. The molecule has 0 radical (unpaired) electrons. The molecule has 2 aromatic rings. The molecule has 0 saturated heterocycles. The van der Waals surface area contributed by atoms with E-state index in [9.17, 15) is 0 Å². The Kier molecular flexibility index (Phi) is 6.08. The standard InChI is InChI=1S/C16H20BrNS/c1-2-18-12-14(11-16-4-3-9-19-16)10-13-5-7-15(17)8-6-13/h3-9,14,18H,2,10-12H2,1H3. The predicted molar refractivity (Wildman–Crippen MR) is 87.9 cm³/mol. The molecule has 0 aliphatic heterocycles. The van der Waals surface area contributed by atoms with E-state index >= 15 is 0 Å². The molecule has 19 heavy (non-hydrogen) atoms. The fourth-order valence-electron chi connectivity index (χ4n) is 2.23. The van der Waals surface area contributed by atoms with Crippen LogP contribution in [0, 0.1) is 5.92 Å². The van der Waals surface area contributed by atoms with Crippen molar-refractivity contribution in [3.8, 4) is 0 Å². The van der Waals surface area contributed by atoms with Gasteiger partial charge in [0.05, 0.1) is 0 Å². The van der Waals surface area contributed by atoms with Crippen molar-refractivity contribution in [2.45, 2.75) is 19.8 Å². The molecule has 1 aromatic heterocycles. The zero-order valence-corrected chi connectivity index (χ0v) is 13.6. The monoisotopic (exact) mass is 337 g/mol. The van der Waals surface area contributed by atoms with Crippen molar-refractivity contribution in [3.63, 3.8) is 0 Å². The fourth-order valence-corrected chi connectivity index (χ4v) is 3.32. The summed E-state index contributed by atoms with van der Waals surface area (Å²) in [5.41, 5.74) is 1.42. The zero-order valence-electron chi connectivity index (χ0n) is 11.2. The van der Waals surface area contributed by atoms with Crippen LogP contribution in [0.25, 0.3) is 0 Å². The van der Waals surface area contributed by atoms with Gasteiger partial charge in [-0.3, -0.25) is 0 Å². The third-order valence-corrected chi connectivity index (χ3v) is 4.62. The first-order valence-electron chi connectivity index (χ1n) is 6.75. The lowest BCUT2D eigenvalue weighted by Crippen LogP contribution is -2.25. The average Bonchev–Trinajstić information content (AvgIpc) is 2.91. The molecule has 0 bridgehead atoms. The lowest BCUT2D eigenvalue weighted by molar-refractivity contribution is 0.481. The third kappa shape index (κ3) is 5.09. The van der Waals surface area contributed by atoms with Crippen molar-refractivity contribution in [1.29, 1.82) is 0 Å². The maximum atomic E-state index is 3.49. The summed E-state index contributed by atoms with van der Waals surface area (Å²) in [5, 5.41) is 5.65. The number of hydrogen-bond donors (Lipinski definition) is 1. The Morgan fingerprint density at radius 2 is 1.95 bits per heavy atom. The molecule has 3 heteroatoms. The van der Waals surface area contributed by atoms with E-state index < -0.39 is 0 Å². The summed E-state index contributed by atoms with van der Waals surface area (Å²) in [6.45, 7) is 4.30. The van der Waals surface area contributed by atoms with E-state index in [2.05, 4.69) is 69.9 Å². The molecule has 1 aromatic carbocycles. The summed E-state index contributed by atoms with van der Waals surface area (Å²) < 4.78 is 1.15. The Morgan fingerprint density at radius 1 is 1.16 bits per heavy atom. The summed E-state index contributed by atoms with van der Waals surface area (Å²) in [4.78, 5) is 1.49. The number of benzene rings is 1. The van der Waals surface area contributed by atoms with Crippen LogP contribution in [-0.2, 0) is 12.8 Å². The van der Waals surface area contributed by atoms with Crippen LogP contribution >= 0.6 is 27.3 Å². The molecule has 0 saturated carbocycles. The second kappa shape index (κ2) is 7.83. The fraction of sp³-hybridized carbons (Fsp3) is 0.375. The maximum absolute atomic E-state index is 3.49. The van der Waals surface area contributed by atoms with E-state index in [1.54, 1.807) is 0 Å². The Labute approximate surface area is 128 Å². The van der Waals surface area contributed by atoms with Crippen LogP contribution in [0.15, 0.2) is 46.3 Å². The Balaban J connectivity index is 1.98. The van der Waals surface area contributed by atoms with E-state index in [0.29, 0.717) is 5.92 Å². The number of hydrogen-bond acceptors (Lipinski definition) is 2. The highest BCUT2D eigenvalue weighted by atomic mass is 79.9. The third-order valence-electron chi connectivity index (χ3n) is 3.19. The second-order valence-electron chi connectivity index (χ2n) is 4.79. The first-order chi connectivity index (χ1) is 9.28. The molecule has 2 rings (SSSR count). The van der Waals surface area contributed by atoms with Crippen molar-refractivity contribution >= 4 is 27.3 Å². The summed E-state index contributed by atoms with van der Waals surface area (Å²) in [6, 6.07) is 13.1. The molecule has 0 amide bonds. The molecule has 0 aliphatic carbocycles. The Morgan fingerprint density at radius 3 is 2.58 bits per heavy atom. The topological polar surface area (TPSA) is 12.0 Å². The molecule has 1 nitrogen and oxygen atoms in total. The van der Waals surface area contributed by atoms with Crippen LogP contribution in [-0.4, -0.2) is 13.1 Å². The van der Waals surface area contributed by atoms with Crippen molar-refractivity contribution in [1.82, 2.24) is 5.32 Å². The van der Waals surface area contributed by atoms with Gasteiger partial charge in [-0.2, -0.15) is 0 Å². The van der Waals surface area contributed by atoms with Crippen molar-refractivity contribution < 1.29 is 0 Å². The van der Waals surface area contributed by atoms with Crippen LogP contribution in [0.1, 0.15) is 17.4 Å². The normalized spacial score (nSPS) is 12.5. The molecule has 0 spiro atoms. The lowest BCUT2D eigenvalue weighted by atomic mass is 9.95. The van der Waals surface area contributed by atoms with Gasteiger partial charge in [-0.15, -0.1) is 11.3 Å². The maximum Gasteiger partial charge on any atom is 0.0175 e. The van der Waals surface area contributed by atoms with Gasteiger partial charge in [0.25, 0.3) is 0 Å². The van der Waals surface area contributed by atoms with E-state index in [0.717, 1.165) is 24.0 Å². The summed E-state index contributed by atoms with van der Waals surface area (Å²) in [5.74, 6) is 0.666. The van der Waals surface area contributed by atoms with Gasteiger partial charge in [0, 0.05) is 9.35 Å². The molecule has 1 heterocycles. The van der Waals surface area contributed by atoms with Gasteiger partial charge in [0.1, 0.15) is 0 Å². The van der Waals surface area contributed by atoms with Gasteiger partial charge in [-0.1, -0.05) is 41.1 Å². The minimum absolute atomic E-state index is 0.666. The van der Waals surface area contributed by atoms with Gasteiger partial charge in [-0.05, 0) is 61.0 Å². The molecule has 102 valence electrons. The van der Waals surface area contributed by atoms with Gasteiger partial charge in [-0.25, -0.2) is 0 Å². The van der Waals surface area contributed by atoms with E-state index in [1.807, 2.05) is 11.3 Å². The Hall–Kier alpha value is -0.640. The first-order valence-corrected chi connectivity index (χ1v) is 8.42. The molecule has 1 unspecified atom stereocenters. The zero-order chi connectivity index (χ0) is 13.5. The molecule has 0 fully saturated rings. The second-order valence-corrected chi connectivity index (χ2v) is 6.74. The SMILES string of the molecule is CCNCC(Cc1ccc(Br)cc1)Cc1cccs1. The number of thiophene rings is 1. The molecule has 0 aliphatic rings. The predicted octanol–water partition coefficient (Wildman–Crippen LogP) is 4.52. The highest BCUT2D eigenvalue weighted by Gasteiger charge is 2.11. The number of nitrogens with one attached hydrogen (secondary N) is 1. The summed E-state index contributed by atoms with van der Waals surface area (Å²) >= 11 is 5.35. The van der Waals surface area contributed by atoms with Crippen LogP contribution in [0.3, 0.4) is 0 Å². The summed E-state index contributed by atoms with van der Waals surface area (Å²) in [7, 11) is 0. The summed E-state index contributed by atoms with van der Waals surface area (Å²) in [6.07, 6.45) is 2.30. The minimum atomic E-state index is 0.666. The first kappa shape index (κ1) is 14.8. The highest BCUT2D eigenvalue weighted by molar-refractivity contribution is 9.10. The van der Waals surface area contributed by atoms with Crippen LogP contribution < -0.4 is 5.32 Å². The lowest BCUT2D eigenvalue weighted by Gasteiger charge is -2.16. The van der Waals surface area contributed by atoms with Gasteiger partial charge < -0.3 is 5.32 Å². The van der Waals surface area contributed by atoms with Gasteiger partial charge in [0.15, 0.2) is 0 Å². The quantitative estimate of drug-likeness (QED) is 0.783. The smallest absolute Gasteiger partial charge is 0.0175 e. The number of rotatable bonds is 7. The van der Waals surface area contributed by atoms with E-state index in [-0.39, 0.29) is 0 Å². The molecular formula is C16H20BrNS. The minimum Gasteiger partial charge on any atom is -0.317 e. The molecule has 1 atom stereocenters. The van der Waals surface area contributed by atoms with Gasteiger partial charge in [0.2, 0.25) is 0 Å². The van der Waals surface area contributed by atoms with Crippen molar-refractivity contribution in [2.75, 3.05) is 13.1 Å². The molecular weight excluding hydrogens is 318 g/mol. The van der Waals surface area contributed by atoms with Crippen molar-refractivity contribution in [2.24, 2.45) is 5.92 Å². The van der Waals surface area contributed by atoms with Crippen molar-refractivity contribution in [3.05, 3.63) is 56.7 Å². The van der Waals surface area contributed by atoms with E-state index in [1.165, 1.54) is 16.9 Å². The van der Waals surface area contributed by atoms with Crippen LogP contribution in [0.5, 0.6) is 0 Å². The van der Waals surface area contributed by atoms with Crippen LogP contribution in [0.2, 0.25) is 0 Å². The number of halogens is 1. The Bertz CT molecular complexity index is 464. The average molecular weight is 338 g/mol. The largest absolute Gasteiger partial charge is 0.317 e. The van der Waals surface area contributed by atoms with Gasteiger partial charge >= 0.3 is 0 Å². The highest BCUT2D eigenvalue weighted by Crippen LogP contribution is 2.19. The van der Waals surface area contributed by atoms with E-state index in [4.69, 9.17) is 0 Å². The van der Waals surface area contributed by atoms with Crippen LogP contribution in [0.4, 0.5) is 0 Å².